The summed E-state index contributed by atoms with van der Waals surface area (Å²) in [6, 6.07) is 11.0. The van der Waals surface area contributed by atoms with E-state index in [1.54, 1.807) is 31.2 Å². The number of amides is 1. The van der Waals surface area contributed by atoms with E-state index in [-0.39, 0.29) is 30.2 Å². The molecule has 0 aliphatic rings. The van der Waals surface area contributed by atoms with Gasteiger partial charge in [-0.15, -0.1) is 5.10 Å². The van der Waals surface area contributed by atoms with Crippen LogP contribution < -0.4 is 10.9 Å². The molecule has 122 valence electrons. The molecule has 7 heteroatoms. The molecule has 0 aliphatic heterocycles. The number of aryl methyl sites for hydroxylation is 2. The van der Waals surface area contributed by atoms with Gasteiger partial charge in [-0.2, -0.15) is 0 Å². The number of carbonyl (C=O) groups is 1. The number of anilines is 1. The predicted octanol–water partition coefficient (Wildman–Crippen LogP) is 2.27. The second kappa shape index (κ2) is 6.57. The Morgan fingerprint density at radius 2 is 2.04 bits per heavy atom. The lowest BCUT2D eigenvalue weighted by molar-refractivity contribution is -0.116. The Balaban J connectivity index is 1.70. The Labute approximate surface area is 136 Å². The van der Waals surface area contributed by atoms with Gasteiger partial charge in [0.15, 0.2) is 0 Å². The molecule has 0 spiro atoms. The van der Waals surface area contributed by atoms with E-state index in [2.05, 4.69) is 15.6 Å². The monoisotopic (exact) mass is 326 g/mol. The summed E-state index contributed by atoms with van der Waals surface area (Å²) >= 11 is 0. The number of aromatic nitrogens is 3. The number of hydrogen-bond acceptors (Lipinski definition) is 4. The van der Waals surface area contributed by atoms with Crippen molar-refractivity contribution in [2.24, 2.45) is 0 Å². The molecule has 1 heterocycles. The van der Waals surface area contributed by atoms with Gasteiger partial charge in [0.2, 0.25) is 5.91 Å². The number of nitrogens with zero attached hydrogens (tertiary/aromatic N) is 3. The van der Waals surface area contributed by atoms with Crippen molar-refractivity contribution in [1.82, 2.24) is 15.0 Å². The third-order valence-corrected chi connectivity index (χ3v) is 3.64. The fourth-order valence-electron chi connectivity index (χ4n) is 2.36. The molecule has 1 aromatic heterocycles. The Morgan fingerprint density at radius 3 is 2.83 bits per heavy atom. The van der Waals surface area contributed by atoms with Crippen LogP contribution in [0.15, 0.2) is 47.3 Å². The lowest BCUT2D eigenvalue weighted by Gasteiger charge is -2.09. The van der Waals surface area contributed by atoms with Crippen molar-refractivity contribution in [1.29, 1.82) is 0 Å². The highest BCUT2D eigenvalue weighted by atomic mass is 19.1. The van der Waals surface area contributed by atoms with Crippen LogP contribution in [0.3, 0.4) is 0 Å². The van der Waals surface area contributed by atoms with Gasteiger partial charge in [-0.3, -0.25) is 9.59 Å². The molecule has 0 saturated carbocycles. The maximum atomic E-state index is 13.1. The van der Waals surface area contributed by atoms with Crippen molar-refractivity contribution < 1.29 is 9.18 Å². The second-order valence-electron chi connectivity index (χ2n) is 5.39. The summed E-state index contributed by atoms with van der Waals surface area (Å²) in [6.07, 6.45) is 0.0593. The maximum absolute atomic E-state index is 13.1. The largest absolute Gasteiger partial charge is 0.326 e. The first kappa shape index (κ1) is 15.8. The summed E-state index contributed by atoms with van der Waals surface area (Å²) in [4.78, 5) is 24.3. The van der Waals surface area contributed by atoms with Gasteiger partial charge in [0, 0.05) is 12.1 Å². The number of halogens is 1. The van der Waals surface area contributed by atoms with Gasteiger partial charge >= 0.3 is 0 Å². The molecule has 0 atom stereocenters. The van der Waals surface area contributed by atoms with Gasteiger partial charge in [-0.25, -0.2) is 9.07 Å². The highest BCUT2D eigenvalue weighted by molar-refractivity contribution is 5.91. The number of benzene rings is 2. The molecule has 6 nitrogen and oxygen atoms in total. The molecule has 24 heavy (non-hydrogen) atoms. The van der Waals surface area contributed by atoms with Crippen molar-refractivity contribution in [3.63, 3.8) is 0 Å². The number of carbonyl (C=O) groups excluding carboxylic acids is 1. The zero-order valence-corrected chi connectivity index (χ0v) is 13.0. The number of nitrogens with one attached hydrogen (secondary N) is 1. The Bertz CT molecular complexity index is 968. The van der Waals surface area contributed by atoms with Crippen LogP contribution in [0, 0.1) is 12.7 Å². The Morgan fingerprint density at radius 1 is 1.25 bits per heavy atom. The molecule has 0 aliphatic carbocycles. The molecule has 0 bridgehead atoms. The molecule has 3 aromatic rings. The van der Waals surface area contributed by atoms with Gasteiger partial charge in [-0.05, 0) is 42.8 Å². The molecule has 3 rings (SSSR count). The molecule has 0 saturated heterocycles. The predicted molar refractivity (Wildman–Crippen MR) is 88.2 cm³/mol. The number of fused-ring (bicyclic) bond motifs is 1. The summed E-state index contributed by atoms with van der Waals surface area (Å²) < 4.78 is 14.2. The lowest BCUT2D eigenvalue weighted by atomic mass is 10.2. The van der Waals surface area contributed by atoms with E-state index in [4.69, 9.17) is 0 Å². The molecule has 0 radical (unpaired) electrons. The van der Waals surface area contributed by atoms with Gasteiger partial charge in [-0.1, -0.05) is 17.3 Å². The standard InChI is InChI=1S/C17H15FN4O2/c1-11-10-12(18)6-7-14(11)19-16(23)8-9-22-17(24)13-4-2-3-5-15(13)20-21-22/h2-7,10H,8-9H2,1H3,(H,19,23). The van der Waals surface area contributed by atoms with Crippen molar-refractivity contribution in [2.45, 2.75) is 19.9 Å². The smallest absolute Gasteiger partial charge is 0.277 e. The van der Waals surface area contributed by atoms with Crippen LogP contribution in [0.2, 0.25) is 0 Å². The average molecular weight is 326 g/mol. The molecule has 0 fully saturated rings. The van der Waals surface area contributed by atoms with Crippen LogP contribution in [-0.2, 0) is 11.3 Å². The van der Waals surface area contributed by atoms with Gasteiger partial charge < -0.3 is 5.32 Å². The van der Waals surface area contributed by atoms with Crippen molar-refractivity contribution in [3.8, 4) is 0 Å². The minimum atomic E-state index is -0.358. The summed E-state index contributed by atoms with van der Waals surface area (Å²) in [7, 11) is 0. The molecule has 2 aromatic carbocycles. The first-order valence-electron chi connectivity index (χ1n) is 7.43. The number of hydrogen-bond donors (Lipinski definition) is 1. The zero-order valence-electron chi connectivity index (χ0n) is 13.0. The average Bonchev–Trinajstić information content (AvgIpc) is 2.57. The fourth-order valence-corrected chi connectivity index (χ4v) is 2.36. The first-order valence-corrected chi connectivity index (χ1v) is 7.43. The summed E-state index contributed by atoms with van der Waals surface area (Å²) in [5.41, 5.74) is 1.40. The van der Waals surface area contributed by atoms with Crippen LogP contribution >= 0.6 is 0 Å². The second-order valence-corrected chi connectivity index (χ2v) is 5.39. The van der Waals surface area contributed by atoms with E-state index in [9.17, 15) is 14.0 Å². The quantitative estimate of drug-likeness (QED) is 0.798. The third kappa shape index (κ3) is 3.29. The third-order valence-electron chi connectivity index (χ3n) is 3.64. The lowest BCUT2D eigenvalue weighted by Crippen LogP contribution is -2.26. The van der Waals surface area contributed by atoms with Crippen LogP contribution in [0.5, 0.6) is 0 Å². The van der Waals surface area contributed by atoms with Crippen LogP contribution in [0.25, 0.3) is 10.9 Å². The van der Waals surface area contributed by atoms with Crippen molar-refractivity contribution in [3.05, 3.63) is 64.2 Å². The highest BCUT2D eigenvalue weighted by Crippen LogP contribution is 2.15. The minimum absolute atomic E-state index is 0.0593. The van der Waals surface area contributed by atoms with Crippen LogP contribution in [0.4, 0.5) is 10.1 Å². The van der Waals surface area contributed by atoms with Crippen LogP contribution in [-0.4, -0.2) is 20.9 Å². The van der Waals surface area contributed by atoms with E-state index < -0.39 is 0 Å². The van der Waals surface area contributed by atoms with Crippen molar-refractivity contribution in [2.75, 3.05) is 5.32 Å². The Kier molecular flexibility index (Phi) is 4.33. The minimum Gasteiger partial charge on any atom is -0.326 e. The van der Waals surface area contributed by atoms with Crippen LogP contribution in [0.1, 0.15) is 12.0 Å². The SMILES string of the molecule is Cc1cc(F)ccc1NC(=O)CCn1nnc2ccccc2c1=O. The summed E-state index contributed by atoms with van der Waals surface area (Å²) in [5.74, 6) is -0.643. The van der Waals surface area contributed by atoms with Gasteiger partial charge in [0.05, 0.1) is 11.9 Å². The van der Waals surface area contributed by atoms with Gasteiger partial charge in [0.1, 0.15) is 11.3 Å². The summed E-state index contributed by atoms with van der Waals surface area (Å²) in [5, 5.41) is 11.0. The molecular weight excluding hydrogens is 311 g/mol. The molecule has 1 N–H and O–H groups in total. The topological polar surface area (TPSA) is 76.9 Å². The molecule has 0 unspecified atom stereocenters. The normalized spacial score (nSPS) is 10.8. The zero-order chi connectivity index (χ0) is 17.1. The van der Waals surface area contributed by atoms with E-state index in [0.717, 1.165) is 0 Å². The Hall–Kier alpha value is -3.09. The summed E-state index contributed by atoms with van der Waals surface area (Å²) in [6.45, 7) is 1.82. The van der Waals surface area contributed by atoms with E-state index in [1.165, 1.54) is 22.9 Å². The molecular formula is C17H15FN4O2. The first-order chi connectivity index (χ1) is 11.5. The maximum Gasteiger partial charge on any atom is 0.277 e. The highest BCUT2D eigenvalue weighted by Gasteiger charge is 2.09. The van der Waals surface area contributed by atoms with E-state index in [1.807, 2.05) is 0 Å². The number of rotatable bonds is 4. The fraction of sp³-hybridized carbons (Fsp3) is 0.176. The van der Waals surface area contributed by atoms with Gasteiger partial charge in [0.25, 0.3) is 5.56 Å². The molecule has 1 amide bonds. The van der Waals surface area contributed by atoms with E-state index >= 15 is 0 Å². The van der Waals surface area contributed by atoms with E-state index in [0.29, 0.717) is 22.2 Å². The van der Waals surface area contributed by atoms with Crippen molar-refractivity contribution >= 4 is 22.5 Å².